The van der Waals surface area contributed by atoms with Gasteiger partial charge >= 0.3 is 5.97 Å². The molecule has 0 aliphatic rings. The van der Waals surface area contributed by atoms with E-state index in [9.17, 15) is 19.2 Å². The number of ether oxygens (including phenoxy) is 2. The molecule has 0 bridgehead atoms. The van der Waals surface area contributed by atoms with Crippen LogP contribution in [0.2, 0.25) is 0 Å². The van der Waals surface area contributed by atoms with Crippen LogP contribution in [0.25, 0.3) is 0 Å². The van der Waals surface area contributed by atoms with Crippen molar-refractivity contribution in [1.29, 1.82) is 0 Å². The first-order chi connectivity index (χ1) is 13.4. The summed E-state index contributed by atoms with van der Waals surface area (Å²) in [6, 6.07) is 9.74. The molecule has 2 N–H and O–H groups in total. The molecule has 28 heavy (non-hydrogen) atoms. The first-order valence-electron chi connectivity index (χ1n) is 8.33. The number of carbonyl (C=O) groups is 4. The fourth-order valence-electron chi connectivity index (χ4n) is 2.10. The summed E-state index contributed by atoms with van der Waals surface area (Å²) in [5.41, 5.74) is 0.370. The number of amides is 2. The molecular weight excluding hydrogens is 384 g/mol. The van der Waals surface area contributed by atoms with Crippen LogP contribution in [0.4, 0.5) is 0 Å². The SMILES string of the molecule is COc1ccc(C(=O)NCC(=O)OCC(=O)c2ccc(CNC(C)=O)s2)cc1. The van der Waals surface area contributed by atoms with Crippen molar-refractivity contribution in [3.63, 3.8) is 0 Å². The van der Waals surface area contributed by atoms with Gasteiger partial charge in [-0.2, -0.15) is 0 Å². The van der Waals surface area contributed by atoms with Crippen molar-refractivity contribution in [2.24, 2.45) is 0 Å². The molecule has 0 atom stereocenters. The molecule has 0 aliphatic heterocycles. The van der Waals surface area contributed by atoms with Gasteiger partial charge in [0.25, 0.3) is 5.91 Å². The standard InChI is InChI=1S/C19H20N2O6S/c1-12(22)20-9-15-7-8-17(28-15)16(23)11-27-18(24)10-21-19(25)13-3-5-14(26-2)6-4-13/h3-8H,9-11H2,1-2H3,(H,20,22)(H,21,25). The lowest BCUT2D eigenvalue weighted by Crippen LogP contribution is -2.31. The smallest absolute Gasteiger partial charge is 0.325 e. The molecule has 2 rings (SSSR count). The molecule has 0 saturated heterocycles. The van der Waals surface area contributed by atoms with Gasteiger partial charge in [0.1, 0.15) is 12.3 Å². The Bertz CT molecular complexity index is 860. The largest absolute Gasteiger partial charge is 0.497 e. The summed E-state index contributed by atoms with van der Waals surface area (Å²) in [6.45, 7) is 0.977. The number of methoxy groups -OCH3 is 1. The van der Waals surface area contributed by atoms with Crippen molar-refractivity contribution >= 4 is 34.9 Å². The number of thiophene rings is 1. The third-order valence-electron chi connectivity index (χ3n) is 3.56. The van der Waals surface area contributed by atoms with Crippen molar-refractivity contribution in [2.45, 2.75) is 13.5 Å². The lowest BCUT2D eigenvalue weighted by atomic mass is 10.2. The summed E-state index contributed by atoms with van der Waals surface area (Å²) < 4.78 is 9.91. The molecule has 148 valence electrons. The Morgan fingerprint density at radius 2 is 1.71 bits per heavy atom. The normalized spacial score (nSPS) is 10.1. The summed E-state index contributed by atoms with van der Waals surface area (Å²) in [5.74, 6) is -1.05. The number of nitrogens with one attached hydrogen (secondary N) is 2. The van der Waals surface area contributed by atoms with E-state index < -0.39 is 18.5 Å². The third kappa shape index (κ3) is 6.51. The maximum atomic E-state index is 12.1. The fourth-order valence-corrected chi connectivity index (χ4v) is 2.97. The van der Waals surface area contributed by atoms with Gasteiger partial charge in [0, 0.05) is 17.4 Å². The second-order valence-corrected chi connectivity index (χ2v) is 6.84. The van der Waals surface area contributed by atoms with Crippen LogP contribution in [0.15, 0.2) is 36.4 Å². The van der Waals surface area contributed by atoms with Gasteiger partial charge in [0.2, 0.25) is 11.7 Å². The van der Waals surface area contributed by atoms with Crippen LogP contribution in [0.1, 0.15) is 31.8 Å². The fraction of sp³-hybridized carbons (Fsp3) is 0.263. The van der Waals surface area contributed by atoms with Crippen molar-refractivity contribution in [1.82, 2.24) is 10.6 Å². The Labute approximate surface area is 165 Å². The number of esters is 1. The van der Waals surface area contributed by atoms with Gasteiger partial charge in [0.15, 0.2) is 6.61 Å². The van der Waals surface area contributed by atoms with Crippen LogP contribution < -0.4 is 15.4 Å². The van der Waals surface area contributed by atoms with E-state index in [1.54, 1.807) is 36.4 Å². The minimum atomic E-state index is -0.717. The minimum Gasteiger partial charge on any atom is -0.497 e. The number of carbonyl (C=O) groups excluding carboxylic acids is 4. The number of Topliss-reactive ketones (excluding diaryl/α,β-unsaturated/α-hetero) is 1. The molecule has 0 saturated carbocycles. The van der Waals surface area contributed by atoms with E-state index in [4.69, 9.17) is 9.47 Å². The zero-order valence-corrected chi connectivity index (χ0v) is 16.3. The van der Waals surface area contributed by atoms with E-state index >= 15 is 0 Å². The Morgan fingerprint density at radius 3 is 2.36 bits per heavy atom. The summed E-state index contributed by atoms with van der Waals surface area (Å²) in [4.78, 5) is 47.9. The average molecular weight is 404 g/mol. The molecule has 0 spiro atoms. The van der Waals surface area contributed by atoms with Gasteiger partial charge in [-0.05, 0) is 36.4 Å². The third-order valence-corrected chi connectivity index (χ3v) is 4.68. The van der Waals surface area contributed by atoms with Crippen molar-refractivity contribution in [3.8, 4) is 5.75 Å². The molecule has 1 heterocycles. The molecule has 0 fully saturated rings. The van der Waals surface area contributed by atoms with Gasteiger partial charge in [-0.25, -0.2) is 0 Å². The second kappa shape index (κ2) is 10.2. The van der Waals surface area contributed by atoms with E-state index in [0.29, 0.717) is 22.7 Å². The molecular formula is C19H20N2O6S. The van der Waals surface area contributed by atoms with E-state index in [-0.39, 0.29) is 18.2 Å². The summed E-state index contributed by atoms with van der Waals surface area (Å²) in [6.07, 6.45) is 0. The number of rotatable bonds is 9. The molecule has 9 heteroatoms. The highest BCUT2D eigenvalue weighted by molar-refractivity contribution is 7.14. The van der Waals surface area contributed by atoms with Gasteiger partial charge in [0.05, 0.1) is 18.5 Å². The number of hydrogen-bond donors (Lipinski definition) is 2. The Balaban J connectivity index is 1.74. The molecule has 1 aromatic heterocycles. The monoisotopic (exact) mass is 404 g/mol. The van der Waals surface area contributed by atoms with Crippen molar-refractivity contribution in [2.75, 3.05) is 20.3 Å². The molecule has 0 unspecified atom stereocenters. The van der Waals surface area contributed by atoms with Crippen LogP contribution in [-0.2, 0) is 20.9 Å². The van der Waals surface area contributed by atoms with Crippen LogP contribution in [0.5, 0.6) is 5.75 Å². The lowest BCUT2D eigenvalue weighted by Gasteiger charge is -2.06. The zero-order valence-electron chi connectivity index (χ0n) is 15.4. The van der Waals surface area contributed by atoms with Crippen molar-refractivity contribution in [3.05, 3.63) is 51.7 Å². The molecule has 8 nitrogen and oxygen atoms in total. The minimum absolute atomic E-state index is 0.160. The molecule has 2 aromatic rings. The van der Waals surface area contributed by atoms with E-state index in [2.05, 4.69) is 10.6 Å². The van der Waals surface area contributed by atoms with E-state index in [1.807, 2.05) is 0 Å². The molecule has 1 aromatic carbocycles. The molecule has 2 amide bonds. The van der Waals surface area contributed by atoms with E-state index in [0.717, 1.165) is 4.88 Å². The first-order valence-corrected chi connectivity index (χ1v) is 9.15. The zero-order chi connectivity index (χ0) is 20.5. The predicted molar refractivity (Wildman–Crippen MR) is 102 cm³/mol. The first kappa shape index (κ1) is 21.1. The van der Waals surface area contributed by atoms with Crippen LogP contribution in [0, 0.1) is 0 Å². The number of ketones is 1. The average Bonchev–Trinajstić information content (AvgIpc) is 3.18. The van der Waals surface area contributed by atoms with Gasteiger partial charge in [-0.1, -0.05) is 0 Å². The highest BCUT2D eigenvalue weighted by Gasteiger charge is 2.14. The van der Waals surface area contributed by atoms with E-state index in [1.165, 1.54) is 25.4 Å². The lowest BCUT2D eigenvalue weighted by molar-refractivity contribution is -0.141. The highest BCUT2D eigenvalue weighted by Crippen LogP contribution is 2.17. The summed E-state index contributed by atoms with van der Waals surface area (Å²) in [7, 11) is 1.52. The molecule has 0 radical (unpaired) electrons. The van der Waals surface area contributed by atoms with Crippen molar-refractivity contribution < 1.29 is 28.7 Å². The maximum absolute atomic E-state index is 12.1. The Hall–Kier alpha value is -3.20. The summed E-state index contributed by atoms with van der Waals surface area (Å²) in [5, 5.41) is 5.07. The predicted octanol–water partition coefficient (Wildman–Crippen LogP) is 1.55. The second-order valence-electron chi connectivity index (χ2n) is 5.67. The number of hydrogen-bond acceptors (Lipinski definition) is 7. The molecule has 0 aliphatic carbocycles. The highest BCUT2D eigenvalue weighted by atomic mass is 32.1. The Morgan fingerprint density at radius 1 is 1.00 bits per heavy atom. The van der Waals surface area contributed by atoms with Gasteiger partial charge < -0.3 is 20.1 Å². The van der Waals surface area contributed by atoms with Crippen LogP contribution in [-0.4, -0.2) is 43.8 Å². The number of benzene rings is 1. The van der Waals surface area contributed by atoms with Crippen LogP contribution in [0.3, 0.4) is 0 Å². The maximum Gasteiger partial charge on any atom is 0.325 e. The van der Waals surface area contributed by atoms with Crippen LogP contribution >= 0.6 is 11.3 Å². The topological polar surface area (TPSA) is 111 Å². The Kier molecular flexibility index (Phi) is 7.70. The van der Waals surface area contributed by atoms with Gasteiger partial charge in [-0.15, -0.1) is 11.3 Å². The quantitative estimate of drug-likeness (QED) is 0.485. The van der Waals surface area contributed by atoms with Gasteiger partial charge in [-0.3, -0.25) is 19.2 Å². The summed E-state index contributed by atoms with van der Waals surface area (Å²) >= 11 is 1.22.